The Balaban J connectivity index is 1.15. The summed E-state index contributed by atoms with van der Waals surface area (Å²) in [5, 5.41) is 4.19. The van der Waals surface area contributed by atoms with Gasteiger partial charge in [-0.15, -0.1) is 16.4 Å². The number of anilines is 3. The number of fused-ring (bicyclic) bond motifs is 7. The monoisotopic (exact) mass is 827 g/mol. The largest absolute Gasteiger partial charge is 0.455 e. The first kappa shape index (κ1) is 39.9. The van der Waals surface area contributed by atoms with Crippen molar-refractivity contribution < 1.29 is 4.42 Å². The quantitative estimate of drug-likeness (QED) is 0.149. The summed E-state index contributed by atoms with van der Waals surface area (Å²) in [6.07, 6.45) is 0. The molecule has 12 rings (SSSR count). The van der Waals surface area contributed by atoms with Crippen LogP contribution in [0.5, 0.6) is 0 Å². The number of benzene rings is 10. The van der Waals surface area contributed by atoms with E-state index in [1.165, 1.54) is 49.7 Å². The van der Waals surface area contributed by atoms with E-state index in [4.69, 9.17) is 43.6 Å². The SMILES string of the molecule is [B]c1c([B])c([B])c(-c2ccc(N(c3ccc(-c4cccc5ccccc45)cc3)c3ccc4c(c3)C(c3ccccc3)(c3ccccc3)c3ccccc3-4)c3c2oc2ccccc23)c([B])c1[B]. The van der Waals surface area contributed by atoms with Crippen LogP contribution in [-0.2, 0) is 5.41 Å². The van der Waals surface area contributed by atoms with Crippen LogP contribution in [0.25, 0.3) is 66.1 Å². The highest BCUT2D eigenvalue weighted by Gasteiger charge is 2.46. The molecular weight excluding hydrogens is 793 g/mol. The summed E-state index contributed by atoms with van der Waals surface area (Å²) in [6, 6.07) is 73.5. The Kier molecular flexibility index (Phi) is 9.40. The maximum atomic E-state index is 6.85. The Labute approximate surface area is 391 Å². The smallest absolute Gasteiger partial charge is 0.145 e. The molecule has 296 valence electrons. The summed E-state index contributed by atoms with van der Waals surface area (Å²) in [4.78, 5) is 2.34. The van der Waals surface area contributed by atoms with Gasteiger partial charge in [0.25, 0.3) is 0 Å². The molecule has 0 bridgehead atoms. The van der Waals surface area contributed by atoms with E-state index < -0.39 is 5.41 Å². The molecule has 0 unspecified atom stereocenters. The van der Waals surface area contributed by atoms with E-state index in [0.717, 1.165) is 33.4 Å². The predicted molar refractivity (Wildman–Crippen MR) is 281 cm³/mol. The molecule has 0 amide bonds. The van der Waals surface area contributed by atoms with E-state index in [1.54, 1.807) is 0 Å². The Bertz CT molecular complexity index is 3640. The summed E-state index contributed by atoms with van der Waals surface area (Å²) < 4.78 is 6.85. The molecule has 1 aliphatic carbocycles. The highest BCUT2D eigenvalue weighted by Crippen LogP contribution is 2.57. The lowest BCUT2D eigenvalue weighted by Gasteiger charge is -2.35. The molecule has 2 nitrogen and oxygen atoms in total. The number of hydrogen-bond acceptors (Lipinski definition) is 2. The van der Waals surface area contributed by atoms with Crippen LogP contribution in [0.1, 0.15) is 22.3 Å². The van der Waals surface area contributed by atoms with Crippen molar-refractivity contribution in [3.63, 3.8) is 0 Å². The van der Waals surface area contributed by atoms with Crippen LogP contribution in [0, 0.1) is 0 Å². The van der Waals surface area contributed by atoms with E-state index in [9.17, 15) is 0 Å². The van der Waals surface area contributed by atoms with Gasteiger partial charge in [-0.05, 0) is 103 Å². The van der Waals surface area contributed by atoms with E-state index in [2.05, 4.69) is 187 Å². The second kappa shape index (κ2) is 15.5. The lowest BCUT2D eigenvalue weighted by Crippen LogP contribution is -2.55. The van der Waals surface area contributed by atoms with Crippen LogP contribution in [0.2, 0.25) is 0 Å². The van der Waals surface area contributed by atoms with E-state index in [0.29, 0.717) is 22.3 Å². The van der Waals surface area contributed by atoms with Crippen molar-refractivity contribution in [3.8, 4) is 33.4 Å². The molecule has 1 aromatic heterocycles. The molecule has 0 fully saturated rings. The molecule has 0 saturated heterocycles. The zero-order chi connectivity index (χ0) is 44.7. The van der Waals surface area contributed by atoms with Crippen molar-refractivity contribution in [1.82, 2.24) is 0 Å². The van der Waals surface area contributed by atoms with Crippen molar-refractivity contribution in [2.75, 3.05) is 4.90 Å². The molecule has 0 N–H and O–H groups in total. The third kappa shape index (κ3) is 5.89. The van der Waals surface area contributed by atoms with Crippen molar-refractivity contribution in [1.29, 1.82) is 0 Å². The molecule has 11 aromatic rings. The summed E-state index contributed by atoms with van der Waals surface area (Å²) in [5.74, 6) is 0. The number of hydrogen-bond donors (Lipinski definition) is 0. The van der Waals surface area contributed by atoms with Crippen LogP contribution in [0.15, 0.2) is 211 Å². The molecule has 10 aromatic carbocycles. The normalized spacial score (nSPS) is 12.7. The lowest BCUT2D eigenvalue weighted by atomic mass is 9.59. The number of furan rings is 1. The van der Waals surface area contributed by atoms with Crippen molar-refractivity contribution in [2.45, 2.75) is 5.41 Å². The van der Waals surface area contributed by atoms with Gasteiger partial charge in [0.15, 0.2) is 0 Å². The first-order chi connectivity index (χ1) is 32.3. The average molecular weight is 827 g/mol. The molecule has 1 aliphatic rings. The van der Waals surface area contributed by atoms with E-state index in [1.807, 2.05) is 24.3 Å². The van der Waals surface area contributed by atoms with Crippen LogP contribution >= 0.6 is 0 Å². The molecule has 0 spiro atoms. The molecule has 1 heterocycles. The summed E-state index contributed by atoms with van der Waals surface area (Å²) in [7, 11) is 32.8. The van der Waals surface area contributed by atoms with Gasteiger partial charge in [0.2, 0.25) is 0 Å². The molecule has 0 saturated carbocycles. The maximum absolute atomic E-state index is 6.85. The van der Waals surface area contributed by atoms with Gasteiger partial charge in [-0.3, -0.25) is 0 Å². The third-order valence-corrected chi connectivity index (χ3v) is 13.6. The van der Waals surface area contributed by atoms with Gasteiger partial charge in [0, 0.05) is 22.3 Å². The van der Waals surface area contributed by atoms with Crippen molar-refractivity contribution in [3.05, 3.63) is 229 Å². The van der Waals surface area contributed by atoms with Gasteiger partial charge in [-0.2, -0.15) is 0 Å². The minimum atomic E-state index is -0.611. The standard InChI is InChI=1S/C59H34B5NO/c60-53-52(54(61)56(63)57(64)55(53)62)46-32-33-49(51-45-22-10-12-25-50(45)66-58(46)51)65(39-28-26-36(27-29-39)42-23-13-15-35-14-7-8-20-41(35)42)40-30-31-44-43-21-9-11-24-47(43)59(48(44)34-40,37-16-3-1-4-17-37)38-18-5-2-6-19-38/h1-34H. The molecule has 0 aliphatic heterocycles. The minimum absolute atomic E-state index is 0.158. The molecule has 0 atom stereocenters. The third-order valence-electron chi connectivity index (χ3n) is 13.6. The fourth-order valence-corrected chi connectivity index (χ4v) is 10.6. The molecular formula is C59H34B5NO. The Hall–Kier alpha value is -7.62. The number of rotatable bonds is 7. The van der Waals surface area contributed by atoms with Crippen LogP contribution in [0.4, 0.5) is 17.1 Å². The van der Waals surface area contributed by atoms with E-state index >= 15 is 0 Å². The fourth-order valence-electron chi connectivity index (χ4n) is 10.6. The molecule has 66 heavy (non-hydrogen) atoms. The number of nitrogens with zero attached hydrogens (tertiary/aromatic N) is 1. The Morgan fingerprint density at radius 3 is 1.67 bits per heavy atom. The Morgan fingerprint density at radius 1 is 0.394 bits per heavy atom. The zero-order valence-corrected chi connectivity index (χ0v) is 35.9. The van der Waals surface area contributed by atoms with Crippen LogP contribution < -0.4 is 32.2 Å². The number of para-hydroxylation sites is 1. The first-order valence-corrected chi connectivity index (χ1v) is 22.0. The minimum Gasteiger partial charge on any atom is -0.455 e. The Morgan fingerprint density at radius 2 is 0.939 bits per heavy atom. The first-order valence-electron chi connectivity index (χ1n) is 22.0. The average Bonchev–Trinajstić information content (AvgIpc) is 3.91. The van der Waals surface area contributed by atoms with E-state index in [-0.39, 0.29) is 27.3 Å². The van der Waals surface area contributed by atoms with Gasteiger partial charge in [-0.1, -0.05) is 175 Å². The van der Waals surface area contributed by atoms with Crippen molar-refractivity contribution >= 4 is 116 Å². The second-order valence-corrected chi connectivity index (χ2v) is 17.0. The van der Waals surface area contributed by atoms with Gasteiger partial charge in [0.05, 0.1) is 16.5 Å². The predicted octanol–water partition coefficient (Wildman–Crippen LogP) is 9.88. The van der Waals surface area contributed by atoms with Gasteiger partial charge in [-0.25, -0.2) is 0 Å². The van der Waals surface area contributed by atoms with Gasteiger partial charge >= 0.3 is 0 Å². The summed E-state index contributed by atoms with van der Waals surface area (Å²) in [6.45, 7) is 0. The molecule has 7 heteroatoms. The maximum Gasteiger partial charge on any atom is 0.145 e. The van der Waals surface area contributed by atoms with Crippen molar-refractivity contribution in [2.24, 2.45) is 0 Å². The highest BCUT2D eigenvalue weighted by molar-refractivity contribution is 6.68. The van der Waals surface area contributed by atoms with Crippen LogP contribution in [0.3, 0.4) is 0 Å². The lowest BCUT2D eigenvalue weighted by molar-refractivity contribution is 0.670. The summed E-state index contributed by atoms with van der Waals surface area (Å²) in [5.41, 5.74) is 15.1. The second-order valence-electron chi connectivity index (χ2n) is 17.0. The van der Waals surface area contributed by atoms with Crippen LogP contribution in [-0.4, -0.2) is 39.2 Å². The highest BCUT2D eigenvalue weighted by atomic mass is 16.3. The fraction of sp³-hybridized carbons (Fsp3) is 0.0169. The summed E-state index contributed by atoms with van der Waals surface area (Å²) >= 11 is 0. The zero-order valence-electron chi connectivity index (χ0n) is 35.9. The topological polar surface area (TPSA) is 16.4 Å². The van der Waals surface area contributed by atoms with Gasteiger partial charge < -0.3 is 9.32 Å². The molecule has 10 radical (unpaired) electrons. The van der Waals surface area contributed by atoms with Gasteiger partial charge in [0.1, 0.15) is 50.4 Å².